The van der Waals surface area contributed by atoms with Gasteiger partial charge in [-0.1, -0.05) is 17.7 Å². The van der Waals surface area contributed by atoms with Crippen molar-refractivity contribution in [3.63, 3.8) is 0 Å². The Kier molecular flexibility index (Phi) is 3.52. The number of aromatic nitrogens is 4. The summed E-state index contributed by atoms with van der Waals surface area (Å²) in [4.78, 5) is 13.7. The van der Waals surface area contributed by atoms with Gasteiger partial charge in [0.1, 0.15) is 11.2 Å². The number of piperidine rings is 1. The molecule has 1 aliphatic heterocycles. The lowest BCUT2D eigenvalue weighted by molar-refractivity contribution is 0.376. The van der Waals surface area contributed by atoms with E-state index in [1.165, 1.54) is 0 Å². The molecule has 22 heavy (non-hydrogen) atoms. The number of rotatable bonds is 2. The first-order chi connectivity index (χ1) is 10.8. The Morgan fingerprint density at radius 1 is 1.18 bits per heavy atom. The van der Waals surface area contributed by atoms with Crippen LogP contribution in [-0.4, -0.2) is 32.6 Å². The van der Waals surface area contributed by atoms with Gasteiger partial charge in [-0.15, -0.1) is 0 Å². The number of hydrogen-bond donors (Lipinski definition) is 1. The molecule has 0 saturated carbocycles. The van der Waals surface area contributed by atoms with Gasteiger partial charge in [0.25, 0.3) is 0 Å². The van der Waals surface area contributed by atoms with Gasteiger partial charge in [-0.25, -0.2) is 9.97 Å². The zero-order chi connectivity index (χ0) is 14.9. The fourth-order valence-corrected chi connectivity index (χ4v) is 3.20. The molecular weight excluding hydrogens is 298 g/mol. The summed E-state index contributed by atoms with van der Waals surface area (Å²) in [5.41, 5.74) is 2.58. The Labute approximate surface area is 133 Å². The molecule has 0 aliphatic carbocycles. The van der Waals surface area contributed by atoms with E-state index in [0.29, 0.717) is 11.1 Å². The zero-order valence-corrected chi connectivity index (χ0v) is 12.8. The minimum atomic E-state index is 0.386. The van der Waals surface area contributed by atoms with E-state index in [1.54, 1.807) is 12.4 Å². The summed E-state index contributed by atoms with van der Waals surface area (Å²) in [5.74, 6) is 0.872. The zero-order valence-electron chi connectivity index (χ0n) is 12.0. The third-order valence-corrected chi connectivity index (χ3v) is 4.27. The Bertz CT molecular complexity index is 793. The molecule has 0 amide bonds. The largest absolute Gasteiger partial charge is 0.317 e. The lowest BCUT2D eigenvalue weighted by atomic mass is 10.1. The van der Waals surface area contributed by atoms with Gasteiger partial charge < -0.3 is 9.88 Å². The maximum Gasteiger partial charge on any atom is 0.161 e. The normalized spacial score (nSPS) is 16.2. The van der Waals surface area contributed by atoms with Crippen LogP contribution >= 0.6 is 11.6 Å². The van der Waals surface area contributed by atoms with Crippen molar-refractivity contribution in [2.75, 3.05) is 13.1 Å². The fourth-order valence-electron chi connectivity index (χ4n) is 3.04. The summed E-state index contributed by atoms with van der Waals surface area (Å²) < 4.78 is 2.23. The number of pyridine rings is 2. The molecule has 0 radical (unpaired) electrons. The topological polar surface area (TPSA) is 55.6 Å². The van der Waals surface area contributed by atoms with Crippen LogP contribution in [0.15, 0.2) is 36.7 Å². The molecule has 3 aromatic rings. The quantitative estimate of drug-likeness (QED) is 0.790. The van der Waals surface area contributed by atoms with E-state index < -0.39 is 0 Å². The Hall–Kier alpha value is -1.98. The van der Waals surface area contributed by atoms with E-state index in [1.807, 2.05) is 24.3 Å². The van der Waals surface area contributed by atoms with Crippen LogP contribution in [0.1, 0.15) is 18.9 Å². The number of nitrogens with one attached hydrogen (secondary N) is 1. The molecule has 5 nitrogen and oxygen atoms in total. The van der Waals surface area contributed by atoms with Gasteiger partial charge >= 0.3 is 0 Å². The highest BCUT2D eigenvalue weighted by atomic mass is 35.5. The molecule has 1 N–H and O–H groups in total. The van der Waals surface area contributed by atoms with Gasteiger partial charge in [-0.2, -0.15) is 0 Å². The Balaban J connectivity index is 1.93. The summed E-state index contributed by atoms with van der Waals surface area (Å²) in [6.07, 6.45) is 5.61. The van der Waals surface area contributed by atoms with E-state index in [4.69, 9.17) is 16.6 Å². The number of fused-ring (bicyclic) bond motifs is 1. The van der Waals surface area contributed by atoms with Crippen LogP contribution in [0.5, 0.6) is 0 Å². The maximum absolute atomic E-state index is 6.07. The first-order valence-electron chi connectivity index (χ1n) is 7.48. The molecule has 0 spiro atoms. The van der Waals surface area contributed by atoms with Gasteiger partial charge in [0.2, 0.25) is 0 Å². The SMILES string of the molecule is Clc1cnc2c(c1)nc(-c1ccccn1)n2C1CCNCC1. The standard InChI is InChI=1S/C16H16ClN5/c17-11-9-14-15(20-10-11)22(12-4-7-18-8-5-12)16(21-14)13-3-1-2-6-19-13/h1-3,6,9-10,12,18H,4-5,7-8H2. The molecule has 6 heteroatoms. The summed E-state index contributed by atoms with van der Waals surface area (Å²) in [6.45, 7) is 2.03. The van der Waals surface area contributed by atoms with Gasteiger partial charge in [0.05, 0.1) is 5.02 Å². The second-order valence-corrected chi connectivity index (χ2v) is 5.93. The molecule has 1 aliphatic rings. The molecule has 0 aromatic carbocycles. The molecule has 4 heterocycles. The van der Waals surface area contributed by atoms with E-state index >= 15 is 0 Å². The van der Waals surface area contributed by atoms with Crippen LogP contribution in [0, 0.1) is 0 Å². The maximum atomic E-state index is 6.07. The monoisotopic (exact) mass is 313 g/mol. The third kappa shape index (κ3) is 2.36. The summed E-state index contributed by atoms with van der Waals surface area (Å²) in [7, 11) is 0. The second kappa shape index (κ2) is 5.66. The molecule has 112 valence electrons. The van der Waals surface area contributed by atoms with Crippen LogP contribution in [-0.2, 0) is 0 Å². The molecule has 1 fully saturated rings. The van der Waals surface area contributed by atoms with Crippen molar-refractivity contribution in [3.8, 4) is 11.5 Å². The fraction of sp³-hybridized carbons (Fsp3) is 0.312. The van der Waals surface area contributed by atoms with E-state index in [2.05, 4.69) is 19.9 Å². The van der Waals surface area contributed by atoms with Crippen molar-refractivity contribution in [1.82, 2.24) is 24.8 Å². The lowest BCUT2D eigenvalue weighted by Crippen LogP contribution is -2.29. The Morgan fingerprint density at radius 2 is 2.05 bits per heavy atom. The first-order valence-corrected chi connectivity index (χ1v) is 7.86. The van der Waals surface area contributed by atoms with Crippen molar-refractivity contribution < 1.29 is 0 Å². The summed E-state index contributed by atoms with van der Waals surface area (Å²) in [5, 5.41) is 4.01. The average Bonchev–Trinajstić information content (AvgIpc) is 2.95. The van der Waals surface area contributed by atoms with Crippen molar-refractivity contribution >= 4 is 22.8 Å². The number of hydrogen-bond acceptors (Lipinski definition) is 4. The molecule has 0 bridgehead atoms. The molecule has 4 rings (SSSR count). The summed E-state index contributed by atoms with van der Waals surface area (Å²) in [6, 6.07) is 8.14. The number of nitrogens with zero attached hydrogens (tertiary/aromatic N) is 4. The van der Waals surface area contributed by atoms with E-state index in [0.717, 1.165) is 48.6 Å². The van der Waals surface area contributed by atoms with E-state index in [-0.39, 0.29) is 0 Å². The predicted molar refractivity (Wildman–Crippen MR) is 86.9 cm³/mol. The third-order valence-electron chi connectivity index (χ3n) is 4.06. The van der Waals surface area contributed by atoms with Crippen LogP contribution in [0.2, 0.25) is 5.02 Å². The van der Waals surface area contributed by atoms with Crippen molar-refractivity contribution in [2.45, 2.75) is 18.9 Å². The van der Waals surface area contributed by atoms with Crippen LogP contribution in [0.4, 0.5) is 0 Å². The van der Waals surface area contributed by atoms with Crippen LogP contribution < -0.4 is 5.32 Å². The van der Waals surface area contributed by atoms with Gasteiger partial charge in [0, 0.05) is 18.4 Å². The Morgan fingerprint density at radius 3 is 2.82 bits per heavy atom. The van der Waals surface area contributed by atoms with Gasteiger partial charge in [0.15, 0.2) is 11.5 Å². The summed E-state index contributed by atoms with van der Waals surface area (Å²) >= 11 is 6.07. The number of halogens is 1. The molecule has 0 atom stereocenters. The van der Waals surface area contributed by atoms with Gasteiger partial charge in [-0.3, -0.25) is 4.98 Å². The molecule has 1 saturated heterocycles. The molecule has 3 aromatic heterocycles. The van der Waals surface area contributed by atoms with Crippen molar-refractivity contribution in [2.24, 2.45) is 0 Å². The van der Waals surface area contributed by atoms with Crippen LogP contribution in [0.3, 0.4) is 0 Å². The molecule has 0 unspecified atom stereocenters. The van der Waals surface area contributed by atoms with E-state index in [9.17, 15) is 0 Å². The number of imidazole rings is 1. The van der Waals surface area contributed by atoms with Crippen molar-refractivity contribution in [1.29, 1.82) is 0 Å². The lowest BCUT2D eigenvalue weighted by Gasteiger charge is -2.25. The minimum absolute atomic E-state index is 0.386. The minimum Gasteiger partial charge on any atom is -0.317 e. The van der Waals surface area contributed by atoms with Crippen molar-refractivity contribution in [3.05, 3.63) is 41.7 Å². The average molecular weight is 314 g/mol. The highest BCUT2D eigenvalue weighted by Crippen LogP contribution is 2.31. The van der Waals surface area contributed by atoms with Crippen LogP contribution in [0.25, 0.3) is 22.7 Å². The first kappa shape index (κ1) is 13.7. The highest BCUT2D eigenvalue weighted by molar-refractivity contribution is 6.31. The second-order valence-electron chi connectivity index (χ2n) is 5.50. The van der Waals surface area contributed by atoms with Gasteiger partial charge in [-0.05, 0) is 44.1 Å². The highest BCUT2D eigenvalue weighted by Gasteiger charge is 2.23. The predicted octanol–water partition coefficient (Wildman–Crippen LogP) is 3.07. The molecular formula is C16H16ClN5. The smallest absolute Gasteiger partial charge is 0.161 e.